The van der Waals surface area contributed by atoms with E-state index < -0.39 is 0 Å². The third-order valence-electron chi connectivity index (χ3n) is 1.49. The Morgan fingerprint density at radius 1 is 1.58 bits per heavy atom. The number of carbonyl (C=O) groups is 1. The fraction of sp³-hybridized carbons (Fsp3) is 0.125. The van der Waals surface area contributed by atoms with Crippen molar-refractivity contribution in [1.82, 2.24) is 5.32 Å². The van der Waals surface area contributed by atoms with E-state index in [0.29, 0.717) is 11.3 Å². The highest BCUT2D eigenvalue weighted by Gasteiger charge is 2.03. The number of anilines is 1. The Hall–Kier alpha value is -1.03. The van der Waals surface area contributed by atoms with E-state index in [2.05, 4.69) is 21.2 Å². The maximum Gasteiger partial charge on any atom is 0.251 e. The Bertz CT molecular complexity index is 312. The molecule has 0 spiro atoms. The largest absolute Gasteiger partial charge is 0.398 e. The Morgan fingerprint density at radius 3 is 2.75 bits per heavy atom. The Balaban J connectivity index is 3.05. The summed E-state index contributed by atoms with van der Waals surface area (Å²) < 4.78 is 0.739. The second-order valence-electron chi connectivity index (χ2n) is 2.32. The summed E-state index contributed by atoms with van der Waals surface area (Å²) >= 11 is 3.24. The van der Waals surface area contributed by atoms with Gasteiger partial charge in [-0.1, -0.05) is 0 Å². The summed E-state index contributed by atoms with van der Waals surface area (Å²) in [7, 11) is 1.59. The third kappa shape index (κ3) is 1.76. The molecule has 0 unspecified atom stereocenters. The number of amides is 1. The molecule has 0 aromatic heterocycles. The number of benzene rings is 1. The molecule has 0 aliphatic carbocycles. The van der Waals surface area contributed by atoms with Gasteiger partial charge in [-0.3, -0.25) is 4.79 Å². The third-order valence-corrected chi connectivity index (χ3v) is 2.18. The van der Waals surface area contributed by atoms with Crippen LogP contribution in [0.2, 0.25) is 0 Å². The van der Waals surface area contributed by atoms with Crippen LogP contribution in [-0.2, 0) is 0 Å². The number of hydrogen-bond acceptors (Lipinski definition) is 2. The molecule has 12 heavy (non-hydrogen) atoms. The molecule has 1 aromatic rings. The molecular weight excluding hydrogens is 220 g/mol. The molecule has 0 radical (unpaired) electrons. The first-order valence-corrected chi connectivity index (χ1v) is 4.21. The van der Waals surface area contributed by atoms with Gasteiger partial charge in [-0.05, 0) is 34.1 Å². The molecule has 0 heterocycles. The molecule has 0 aliphatic rings. The minimum absolute atomic E-state index is 0.115. The maximum atomic E-state index is 11.1. The average molecular weight is 229 g/mol. The minimum atomic E-state index is -0.115. The van der Waals surface area contributed by atoms with Crippen LogP contribution in [0.25, 0.3) is 0 Å². The fourth-order valence-corrected chi connectivity index (χ4v) is 1.19. The summed E-state index contributed by atoms with van der Waals surface area (Å²) in [6.07, 6.45) is 0. The summed E-state index contributed by atoms with van der Waals surface area (Å²) in [5, 5.41) is 2.53. The number of nitrogen functional groups attached to an aromatic ring is 1. The molecule has 0 aliphatic heterocycles. The number of carbonyl (C=O) groups excluding carboxylic acids is 1. The lowest BCUT2D eigenvalue weighted by atomic mass is 10.2. The fourth-order valence-electron chi connectivity index (χ4n) is 0.813. The molecule has 0 saturated heterocycles. The molecular formula is C8H9BrN2O. The van der Waals surface area contributed by atoms with E-state index in [-0.39, 0.29) is 5.91 Å². The monoisotopic (exact) mass is 228 g/mol. The van der Waals surface area contributed by atoms with E-state index in [9.17, 15) is 4.79 Å². The van der Waals surface area contributed by atoms with Crippen LogP contribution >= 0.6 is 15.9 Å². The average Bonchev–Trinajstić information content (AvgIpc) is 2.08. The van der Waals surface area contributed by atoms with Crippen molar-refractivity contribution in [3.63, 3.8) is 0 Å². The van der Waals surface area contributed by atoms with E-state index in [1.54, 1.807) is 25.2 Å². The van der Waals surface area contributed by atoms with Gasteiger partial charge < -0.3 is 11.1 Å². The van der Waals surface area contributed by atoms with E-state index in [0.717, 1.165) is 4.47 Å². The van der Waals surface area contributed by atoms with Crippen LogP contribution in [-0.4, -0.2) is 13.0 Å². The van der Waals surface area contributed by atoms with Gasteiger partial charge in [0.25, 0.3) is 5.91 Å². The number of rotatable bonds is 1. The summed E-state index contributed by atoms with van der Waals surface area (Å²) in [4.78, 5) is 11.1. The lowest BCUT2D eigenvalue weighted by Crippen LogP contribution is -2.17. The molecule has 0 bridgehead atoms. The summed E-state index contributed by atoms with van der Waals surface area (Å²) in [6.45, 7) is 0. The van der Waals surface area contributed by atoms with E-state index in [1.165, 1.54) is 0 Å². The molecule has 1 aromatic carbocycles. The van der Waals surface area contributed by atoms with Gasteiger partial charge in [-0.25, -0.2) is 0 Å². The molecule has 1 amide bonds. The maximum absolute atomic E-state index is 11.1. The first-order valence-electron chi connectivity index (χ1n) is 3.42. The highest BCUT2D eigenvalue weighted by Crippen LogP contribution is 2.20. The van der Waals surface area contributed by atoms with Crippen molar-refractivity contribution in [3.05, 3.63) is 28.2 Å². The van der Waals surface area contributed by atoms with Gasteiger partial charge in [0.1, 0.15) is 0 Å². The zero-order chi connectivity index (χ0) is 9.14. The molecule has 3 N–H and O–H groups in total. The zero-order valence-electron chi connectivity index (χ0n) is 6.60. The molecule has 64 valence electrons. The first-order chi connectivity index (χ1) is 5.65. The predicted octanol–water partition coefficient (Wildman–Crippen LogP) is 1.39. The van der Waals surface area contributed by atoms with Crippen LogP contribution in [0.4, 0.5) is 5.69 Å². The lowest BCUT2D eigenvalue weighted by molar-refractivity contribution is 0.0963. The summed E-state index contributed by atoms with van der Waals surface area (Å²) in [5.41, 5.74) is 6.78. The van der Waals surface area contributed by atoms with Crippen molar-refractivity contribution < 1.29 is 4.79 Å². The van der Waals surface area contributed by atoms with Gasteiger partial charge in [0.05, 0.1) is 0 Å². The molecule has 4 heteroatoms. The van der Waals surface area contributed by atoms with Gasteiger partial charge >= 0.3 is 0 Å². The van der Waals surface area contributed by atoms with Gasteiger partial charge in [0.15, 0.2) is 0 Å². The van der Waals surface area contributed by atoms with Gasteiger partial charge in [0, 0.05) is 22.8 Å². The quantitative estimate of drug-likeness (QED) is 0.715. The first kappa shape index (κ1) is 9.06. The van der Waals surface area contributed by atoms with Crippen molar-refractivity contribution in [2.45, 2.75) is 0 Å². The van der Waals surface area contributed by atoms with Gasteiger partial charge in [-0.2, -0.15) is 0 Å². The highest BCUT2D eigenvalue weighted by molar-refractivity contribution is 9.10. The van der Waals surface area contributed by atoms with Crippen molar-refractivity contribution in [2.24, 2.45) is 0 Å². The zero-order valence-corrected chi connectivity index (χ0v) is 8.18. The second-order valence-corrected chi connectivity index (χ2v) is 3.17. The highest BCUT2D eigenvalue weighted by atomic mass is 79.9. The number of nitrogens with one attached hydrogen (secondary N) is 1. The Morgan fingerprint density at radius 2 is 2.25 bits per heavy atom. The molecule has 1 rings (SSSR count). The van der Waals surface area contributed by atoms with Crippen LogP contribution in [0.15, 0.2) is 22.7 Å². The van der Waals surface area contributed by atoms with E-state index >= 15 is 0 Å². The van der Waals surface area contributed by atoms with Crippen molar-refractivity contribution in [3.8, 4) is 0 Å². The Labute approximate surface area is 79.1 Å². The SMILES string of the molecule is CNC(=O)c1ccc(N)c(Br)c1. The number of nitrogens with two attached hydrogens (primary N) is 1. The molecule has 0 saturated carbocycles. The van der Waals surface area contributed by atoms with E-state index in [1.807, 2.05) is 0 Å². The normalized spacial score (nSPS) is 9.50. The smallest absolute Gasteiger partial charge is 0.251 e. The second kappa shape index (κ2) is 3.58. The standard InChI is InChI=1S/C8H9BrN2O/c1-11-8(12)5-2-3-7(10)6(9)4-5/h2-4H,10H2,1H3,(H,11,12). The number of halogens is 1. The van der Waals surface area contributed by atoms with Crippen LogP contribution in [0.1, 0.15) is 10.4 Å². The van der Waals surface area contributed by atoms with Crippen molar-refractivity contribution in [1.29, 1.82) is 0 Å². The molecule has 3 nitrogen and oxygen atoms in total. The van der Waals surface area contributed by atoms with Crippen molar-refractivity contribution >= 4 is 27.5 Å². The van der Waals surface area contributed by atoms with E-state index in [4.69, 9.17) is 5.73 Å². The van der Waals surface area contributed by atoms with Crippen LogP contribution in [0.5, 0.6) is 0 Å². The summed E-state index contributed by atoms with van der Waals surface area (Å²) in [6, 6.07) is 5.06. The molecule has 0 atom stereocenters. The summed E-state index contributed by atoms with van der Waals surface area (Å²) in [5.74, 6) is -0.115. The predicted molar refractivity (Wildman–Crippen MR) is 51.9 cm³/mol. The number of hydrogen-bond donors (Lipinski definition) is 2. The lowest BCUT2D eigenvalue weighted by Gasteiger charge is -2.01. The van der Waals surface area contributed by atoms with Crippen LogP contribution < -0.4 is 11.1 Å². The van der Waals surface area contributed by atoms with Crippen molar-refractivity contribution in [2.75, 3.05) is 12.8 Å². The topological polar surface area (TPSA) is 55.1 Å². The Kier molecular flexibility index (Phi) is 2.70. The minimum Gasteiger partial charge on any atom is -0.398 e. The van der Waals surface area contributed by atoms with Gasteiger partial charge in [0.2, 0.25) is 0 Å². The molecule has 0 fully saturated rings. The van der Waals surface area contributed by atoms with Crippen LogP contribution in [0, 0.1) is 0 Å². The van der Waals surface area contributed by atoms with Gasteiger partial charge in [-0.15, -0.1) is 0 Å². The van der Waals surface area contributed by atoms with Crippen LogP contribution in [0.3, 0.4) is 0 Å².